The van der Waals surface area contributed by atoms with Crippen LogP contribution in [-0.4, -0.2) is 53.2 Å². The average molecular weight is 835 g/mol. The van der Waals surface area contributed by atoms with Gasteiger partial charge in [0.1, 0.15) is 12.5 Å². The van der Waals surface area contributed by atoms with Crippen molar-refractivity contribution in [3.8, 4) is 0 Å². The molecule has 2 aromatic rings. The number of esters is 2. The van der Waals surface area contributed by atoms with Crippen LogP contribution in [0.15, 0.2) is 34.3 Å². The number of ketones is 2. The Morgan fingerprint density at radius 3 is 2.28 bits per heavy atom. The van der Waals surface area contributed by atoms with Crippen molar-refractivity contribution in [1.82, 2.24) is 20.6 Å². The molecule has 0 saturated carbocycles. The summed E-state index contributed by atoms with van der Waals surface area (Å²) in [6, 6.07) is -0.481. The summed E-state index contributed by atoms with van der Waals surface area (Å²) in [5, 5.41) is 8.80. The molecule has 10 heteroatoms. The maximum absolute atomic E-state index is 14.4. The van der Waals surface area contributed by atoms with Crippen molar-refractivity contribution in [2.24, 2.45) is 35.5 Å². The van der Waals surface area contributed by atoms with E-state index in [1.165, 1.54) is 50.4 Å². The topological polar surface area (TPSA) is 142 Å². The molecule has 3 aliphatic heterocycles. The lowest BCUT2D eigenvalue weighted by Crippen LogP contribution is -2.38. The van der Waals surface area contributed by atoms with Crippen LogP contribution in [0.1, 0.15) is 163 Å². The van der Waals surface area contributed by atoms with Gasteiger partial charge in [-0.25, -0.2) is 0 Å². The molecule has 6 rings (SSSR count). The Hall–Kier alpha value is -4.86. The SMILES string of the molecule is CCC1=C2/C=c3\[nH]c4c(c3C)C(=O)[C@H](C(=O)OC)C=4C3N/C(=C\c4[nH]c(c(C(C)=O)c4C)/C=C(\N2)[C@@H]1C)[C@@H](C)[C@@H]3CCC(=O)OC/C=C(\C)CCC[C@H](C)CCC[C@H](C)CC. The fourth-order valence-corrected chi connectivity index (χ4v) is 10.2. The molecule has 330 valence electrons. The predicted octanol–water partition coefficient (Wildman–Crippen LogP) is 8.89. The molecule has 1 unspecified atom stereocenters. The molecule has 8 bridgehead atoms. The van der Waals surface area contributed by atoms with Crippen LogP contribution >= 0.6 is 0 Å². The minimum absolute atomic E-state index is 0.0313. The van der Waals surface area contributed by atoms with Gasteiger partial charge >= 0.3 is 11.9 Å². The highest BCUT2D eigenvalue weighted by molar-refractivity contribution is 6.19. The molecular weight excluding hydrogens is 765 g/mol. The lowest BCUT2D eigenvalue weighted by atomic mass is 9.80. The van der Waals surface area contributed by atoms with Crippen molar-refractivity contribution in [2.75, 3.05) is 13.7 Å². The van der Waals surface area contributed by atoms with Crippen LogP contribution in [0.25, 0.3) is 23.8 Å². The van der Waals surface area contributed by atoms with Crippen LogP contribution in [0.5, 0.6) is 0 Å². The number of carbonyl (C=O) groups is 4. The second kappa shape index (κ2) is 19.5. The Morgan fingerprint density at radius 2 is 1.59 bits per heavy atom. The zero-order valence-electron chi connectivity index (χ0n) is 38.6. The summed E-state index contributed by atoms with van der Waals surface area (Å²) in [6.07, 6.45) is 18.1. The third-order valence-corrected chi connectivity index (χ3v) is 14.3. The normalized spacial score (nSPS) is 25.2. The van der Waals surface area contributed by atoms with Crippen molar-refractivity contribution in [1.29, 1.82) is 0 Å². The molecule has 0 radical (unpaired) electrons. The van der Waals surface area contributed by atoms with Gasteiger partial charge in [0, 0.05) is 57.5 Å². The number of hydrogen-bond acceptors (Lipinski definition) is 8. The van der Waals surface area contributed by atoms with Crippen LogP contribution < -0.4 is 21.3 Å². The Balaban J connectivity index is 1.30. The maximum atomic E-state index is 14.4. The summed E-state index contributed by atoms with van der Waals surface area (Å²) in [5.41, 5.74) is 10.2. The molecule has 4 N–H and O–H groups in total. The summed E-state index contributed by atoms with van der Waals surface area (Å²) in [6.45, 7) is 21.2. The van der Waals surface area contributed by atoms with E-state index in [0.29, 0.717) is 28.5 Å². The molecule has 1 saturated heterocycles. The van der Waals surface area contributed by atoms with E-state index in [0.717, 1.165) is 76.1 Å². The smallest absolute Gasteiger partial charge is 0.320 e. The Bertz CT molecular complexity index is 2300. The standard InChI is InChI=1S/C51H70N4O6/c1-12-27(3)16-14-17-28(4)18-15-19-29(5)22-23-61-43(57)21-20-36-31(7)38-24-39-32(8)44(34(10)56)42(53-39)26-37-30(6)35(13-2)41(52-37)25-40-33(9)45-49(55-40)46(48(36)54-38)47(50(45)58)51(59)60-11/h22,24-28,30-31,36,47-48,52-55H,12-21,23H2,1-11H3/b29-22+,37-26-,38-24-,40-25-/t27-,28-,30-,31+,36+,47-,48?/m1/s1. The molecule has 4 aliphatic rings. The van der Waals surface area contributed by atoms with Crippen molar-refractivity contribution in [3.63, 3.8) is 0 Å². The van der Waals surface area contributed by atoms with Gasteiger partial charge in [-0.15, -0.1) is 0 Å². The summed E-state index contributed by atoms with van der Waals surface area (Å²) < 4.78 is 11.1. The van der Waals surface area contributed by atoms with Crippen LogP contribution in [0.3, 0.4) is 0 Å². The Kier molecular flexibility index (Phi) is 14.6. The van der Waals surface area contributed by atoms with Gasteiger partial charge in [-0.05, 0) is 118 Å². The largest absolute Gasteiger partial charge is 0.468 e. The number of rotatable bonds is 17. The van der Waals surface area contributed by atoms with Gasteiger partial charge in [0.25, 0.3) is 0 Å². The molecule has 0 spiro atoms. The number of ether oxygens (including phenoxy) is 2. The van der Waals surface area contributed by atoms with Crippen molar-refractivity contribution in [3.05, 3.63) is 78.7 Å². The number of aromatic amines is 2. The molecule has 1 aliphatic carbocycles. The number of hydrogen-bond donors (Lipinski definition) is 4. The lowest BCUT2D eigenvalue weighted by molar-refractivity contribution is -0.143. The molecule has 61 heavy (non-hydrogen) atoms. The Morgan fingerprint density at radius 1 is 0.885 bits per heavy atom. The number of carbonyl (C=O) groups excluding carboxylic acids is 4. The Labute approximate surface area is 362 Å². The monoisotopic (exact) mass is 835 g/mol. The molecular formula is C51H70N4O6. The third kappa shape index (κ3) is 9.48. The first-order valence-corrected chi connectivity index (χ1v) is 22.9. The highest BCUT2D eigenvalue weighted by Crippen LogP contribution is 2.43. The molecule has 1 fully saturated rings. The molecule has 0 aromatic carbocycles. The van der Waals surface area contributed by atoms with Gasteiger partial charge < -0.3 is 30.1 Å². The number of aromatic nitrogens is 2. The number of H-pyrrole nitrogens is 2. The van der Waals surface area contributed by atoms with E-state index in [2.05, 4.69) is 75.1 Å². The molecule has 2 aromatic heterocycles. The third-order valence-electron chi connectivity index (χ3n) is 14.3. The van der Waals surface area contributed by atoms with Crippen molar-refractivity contribution < 1.29 is 28.7 Å². The first-order chi connectivity index (χ1) is 29.1. The van der Waals surface area contributed by atoms with Crippen molar-refractivity contribution >= 4 is 47.3 Å². The van der Waals surface area contributed by atoms with E-state index in [1.54, 1.807) is 6.92 Å². The van der Waals surface area contributed by atoms with Crippen LogP contribution in [0.4, 0.5) is 0 Å². The van der Waals surface area contributed by atoms with E-state index < -0.39 is 17.9 Å². The fourth-order valence-electron chi connectivity index (χ4n) is 10.2. The number of methoxy groups -OCH3 is 1. The van der Waals surface area contributed by atoms with Gasteiger partial charge in [-0.1, -0.05) is 79.2 Å². The quantitative estimate of drug-likeness (QED) is 0.0536. The number of fused-ring (bicyclic) bond motifs is 8. The van der Waals surface area contributed by atoms with Crippen molar-refractivity contribution in [2.45, 2.75) is 139 Å². The van der Waals surface area contributed by atoms with Gasteiger partial charge in [-0.3, -0.25) is 19.2 Å². The fraction of sp³-hybridized carbons (Fsp3) is 0.569. The maximum Gasteiger partial charge on any atom is 0.320 e. The van der Waals surface area contributed by atoms with Crippen LogP contribution in [0, 0.1) is 49.4 Å². The summed E-state index contributed by atoms with van der Waals surface area (Å²) in [7, 11) is 1.32. The van der Waals surface area contributed by atoms with Crippen LogP contribution in [0.2, 0.25) is 0 Å². The first-order valence-electron chi connectivity index (χ1n) is 22.9. The average Bonchev–Trinajstić information content (AvgIpc) is 3.97. The second-order valence-corrected chi connectivity index (χ2v) is 18.5. The van der Waals surface area contributed by atoms with E-state index in [-0.39, 0.29) is 48.3 Å². The number of Topliss-reactive ketones (excluding diaryl/α,β-unsaturated/α-hetero) is 2. The summed E-state index contributed by atoms with van der Waals surface area (Å²) in [4.78, 5) is 61.8. The van der Waals surface area contributed by atoms with Gasteiger partial charge in [-0.2, -0.15) is 0 Å². The molecule has 0 amide bonds. The number of allylic oxidation sites excluding steroid dienone is 4. The van der Waals surface area contributed by atoms with Crippen LogP contribution in [-0.2, 0) is 19.1 Å². The van der Waals surface area contributed by atoms with E-state index in [4.69, 9.17) is 9.47 Å². The summed E-state index contributed by atoms with van der Waals surface area (Å²) in [5.74, 6) is -1.05. The predicted molar refractivity (Wildman–Crippen MR) is 243 cm³/mol. The number of nitrogens with one attached hydrogen (secondary N) is 4. The second-order valence-electron chi connectivity index (χ2n) is 18.5. The highest BCUT2D eigenvalue weighted by atomic mass is 16.5. The van der Waals surface area contributed by atoms with E-state index >= 15 is 0 Å². The van der Waals surface area contributed by atoms with Gasteiger partial charge in [0.05, 0.1) is 24.2 Å². The zero-order valence-corrected chi connectivity index (χ0v) is 38.6. The first kappa shape index (κ1) is 45.7. The lowest BCUT2D eigenvalue weighted by Gasteiger charge is -2.25. The van der Waals surface area contributed by atoms with Gasteiger partial charge in [0.2, 0.25) is 0 Å². The highest BCUT2D eigenvalue weighted by Gasteiger charge is 2.49. The minimum Gasteiger partial charge on any atom is -0.468 e. The summed E-state index contributed by atoms with van der Waals surface area (Å²) >= 11 is 0. The molecule has 5 heterocycles. The van der Waals surface area contributed by atoms with E-state index in [1.807, 2.05) is 32.1 Å². The molecule has 7 atom stereocenters. The molecule has 10 nitrogen and oxygen atoms in total. The minimum atomic E-state index is -1.13. The van der Waals surface area contributed by atoms with E-state index in [9.17, 15) is 19.2 Å². The van der Waals surface area contributed by atoms with Gasteiger partial charge in [0.15, 0.2) is 11.6 Å². The zero-order chi connectivity index (χ0) is 44.3.